The van der Waals surface area contributed by atoms with Gasteiger partial charge in [-0.1, -0.05) is 6.07 Å². The monoisotopic (exact) mass is 255 g/mol. The third-order valence-electron chi connectivity index (χ3n) is 3.11. The Morgan fingerprint density at radius 1 is 1.53 bits per heavy atom. The number of rotatable bonds is 6. The Morgan fingerprint density at radius 3 is 2.76 bits per heavy atom. The third kappa shape index (κ3) is 4.46. The highest BCUT2D eigenvalue weighted by atomic mass is 32.1. The molecule has 0 aromatic carbocycles. The van der Waals surface area contributed by atoms with Gasteiger partial charge in [-0.2, -0.15) is 0 Å². The minimum atomic E-state index is -0.118. The van der Waals surface area contributed by atoms with Gasteiger partial charge in [0.2, 0.25) is 5.91 Å². The predicted octanol–water partition coefficient (Wildman–Crippen LogP) is 1.38. The first-order valence-electron chi connectivity index (χ1n) is 5.78. The molecule has 0 saturated carbocycles. The van der Waals surface area contributed by atoms with Crippen LogP contribution in [0.2, 0.25) is 0 Å². The van der Waals surface area contributed by atoms with Crippen molar-refractivity contribution in [2.75, 3.05) is 7.05 Å². The summed E-state index contributed by atoms with van der Waals surface area (Å²) < 4.78 is 0. The summed E-state index contributed by atoms with van der Waals surface area (Å²) in [6.45, 7) is 4.22. The van der Waals surface area contributed by atoms with E-state index in [0.717, 1.165) is 6.42 Å². The molecule has 0 bridgehead atoms. The first-order valence-corrected chi connectivity index (χ1v) is 6.66. The molecule has 1 aromatic rings. The fraction of sp³-hybridized carbons (Fsp3) is 0.583. The zero-order chi connectivity index (χ0) is 12.8. The fourth-order valence-electron chi connectivity index (χ4n) is 1.77. The normalized spacial score (nSPS) is 14.6. The molecule has 1 amide bonds. The Hall–Kier alpha value is -0.910. The number of hydrogen-bond donors (Lipinski definition) is 2. The van der Waals surface area contributed by atoms with Crippen molar-refractivity contribution in [2.45, 2.75) is 38.8 Å². The number of carbonyl (C=O) groups is 1. The fourth-order valence-corrected chi connectivity index (χ4v) is 2.60. The second-order valence-corrected chi connectivity index (χ2v) is 5.45. The molecule has 0 fully saturated rings. The number of amides is 1. The molecule has 0 aliphatic heterocycles. The molecule has 2 atom stereocenters. The number of nitrogens with two attached hydrogens (primary N) is 1. The quantitative estimate of drug-likeness (QED) is 0.459. The minimum absolute atomic E-state index is 0.118. The van der Waals surface area contributed by atoms with Crippen LogP contribution < -0.4 is 11.3 Å². The van der Waals surface area contributed by atoms with Crippen LogP contribution in [0.5, 0.6) is 0 Å². The standard InChI is InChI=1S/C12H21N3OS/c1-9(7-11-5-4-6-17-11)15(3)10(2)8-12(16)14-13/h4-6,9-10H,7-8,13H2,1-3H3,(H,14,16). The molecule has 1 aromatic heterocycles. The minimum Gasteiger partial charge on any atom is -0.300 e. The number of thiophene rings is 1. The van der Waals surface area contributed by atoms with E-state index in [2.05, 4.69) is 34.8 Å². The van der Waals surface area contributed by atoms with Crippen LogP contribution in [-0.2, 0) is 11.2 Å². The number of hydrogen-bond acceptors (Lipinski definition) is 4. The molecule has 0 spiro atoms. The van der Waals surface area contributed by atoms with Crippen molar-refractivity contribution in [2.24, 2.45) is 5.84 Å². The predicted molar refractivity (Wildman–Crippen MR) is 71.7 cm³/mol. The number of carbonyl (C=O) groups excluding carboxylic acids is 1. The van der Waals surface area contributed by atoms with Gasteiger partial charge in [0.15, 0.2) is 0 Å². The summed E-state index contributed by atoms with van der Waals surface area (Å²) in [5.41, 5.74) is 2.17. The molecule has 3 N–H and O–H groups in total. The van der Waals surface area contributed by atoms with E-state index in [4.69, 9.17) is 5.84 Å². The molecule has 96 valence electrons. The lowest BCUT2D eigenvalue weighted by molar-refractivity contribution is -0.122. The van der Waals surface area contributed by atoms with E-state index in [0.29, 0.717) is 12.5 Å². The maximum absolute atomic E-state index is 11.2. The van der Waals surface area contributed by atoms with E-state index in [-0.39, 0.29) is 11.9 Å². The maximum Gasteiger partial charge on any atom is 0.235 e. The zero-order valence-corrected chi connectivity index (χ0v) is 11.5. The molecule has 0 aliphatic rings. The zero-order valence-electron chi connectivity index (χ0n) is 10.6. The van der Waals surface area contributed by atoms with E-state index < -0.39 is 0 Å². The van der Waals surface area contributed by atoms with Crippen molar-refractivity contribution in [3.05, 3.63) is 22.4 Å². The molecule has 4 nitrogen and oxygen atoms in total. The largest absolute Gasteiger partial charge is 0.300 e. The Kier molecular flexibility index (Phi) is 5.61. The van der Waals surface area contributed by atoms with Gasteiger partial charge < -0.3 is 4.90 Å². The van der Waals surface area contributed by atoms with Crippen molar-refractivity contribution in [1.29, 1.82) is 0 Å². The maximum atomic E-state index is 11.2. The van der Waals surface area contributed by atoms with Crippen molar-refractivity contribution < 1.29 is 4.79 Å². The highest BCUT2D eigenvalue weighted by Gasteiger charge is 2.18. The van der Waals surface area contributed by atoms with Gasteiger partial charge >= 0.3 is 0 Å². The molecule has 17 heavy (non-hydrogen) atoms. The van der Waals surface area contributed by atoms with E-state index in [1.165, 1.54) is 4.88 Å². The summed E-state index contributed by atoms with van der Waals surface area (Å²) >= 11 is 1.77. The topological polar surface area (TPSA) is 58.4 Å². The first kappa shape index (κ1) is 14.2. The first-order chi connectivity index (χ1) is 8.04. The summed E-state index contributed by atoms with van der Waals surface area (Å²) in [5, 5.41) is 2.09. The highest BCUT2D eigenvalue weighted by Crippen LogP contribution is 2.15. The van der Waals surface area contributed by atoms with Gasteiger partial charge in [0.1, 0.15) is 0 Å². The van der Waals surface area contributed by atoms with Gasteiger partial charge in [-0.05, 0) is 38.8 Å². The summed E-state index contributed by atoms with van der Waals surface area (Å²) in [6.07, 6.45) is 1.45. The van der Waals surface area contributed by atoms with Gasteiger partial charge in [-0.3, -0.25) is 10.2 Å². The van der Waals surface area contributed by atoms with E-state index in [9.17, 15) is 4.79 Å². The van der Waals surface area contributed by atoms with Gasteiger partial charge in [-0.15, -0.1) is 11.3 Å². The van der Waals surface area contributed by atoms with Crippen molar-refractivity contribution >= 4 is 17.2 Å². The summed E-state index contributed by atoms with van der Waals surface area (Å²) in [6, 6.07) is 4.81. The molecule has 0 aliphatic carbocycles. The average molecular weight is 255 g/mol. The molecule has 1 rings (SSSR count). The molecule has 0 radical (unpaired) electrons. The van der Waals surface area contributed by atoms with Crippen molar-refractivity contribution in [1.82, 2.24) is 10.3 Å². The van der Waals surface area contributed by atoms with Crippen LogP contribution in [0.3, 0.4) is 0 Å². The van der Waals surface area contributed by atoms with Crippen LogP contribution in [0.4, 0.5) is 0 Å². The molecule has 2 unspecified atom stereocenters. The van der Waals surface area contributed by atoms with E-state index in [1.807, 2.05) is 14.0 Å². The Labute approximate surface area is 107 Å². The lowest BCUT2D eigenvalue weighted by atomic mass is 10.1. The third-order valence-corrected chi connectivity index (χ3v) is 4.01. The summed E-state index contributed by atoms with van der Waals surface area (Å²) in [4.78, 5) is 14.8. The number of nitrogens with zero attached hydrogens (tertiary/aromatic N) is 1. The second kappa shape index (κ2) is 6.74. The van der Waals surface area contributed by atoms with Crippen LogP contribution in [0.15, 0.2) is 17.5 Å². The van der Waals surface area contributed by atoms with E-state index >= 15 is 0 Å². The van der Waals surface area contributed by atoms with Crippen LogP contribution in [0, 0.1) is 0 Å². The average Bonchev–Trinajstić information content (AvgIpc) is 2.80. The van der Waals surface area contributed by atoms with Gasteiger partial charge in [0, 0.05) is 23.4 Å². The lowest BCUT2D eigenvalue weighted by Gasteiger charge is -2.30. The van der Waals surface area contributed by atoms with Gasteiger partial charge in [0.25, 0.3) is 0 Å². The number of nitrogens with one attached hydrogen (secondary N) is 1. The SMILES string of the molecule is CC(CC(=O)NN)N(C)C(C)Cc1cccs1. The van der Waals surface area contributed by atoms with Gasteiger partial charge in [0.05, 0.1) is 0 Å². The van der Waals surface area contributed by atoms with Crippen LogP contribution in [0.1, 0.15) is 25.1 Å². The molecular weight excluding hydrogens is 234 g/mol. The van der Waals surface area contributed by atoms with Crippen molar-refractivity contribution in [3.63, 3.8) is 0 Å². The Bertz CT molecular complexity index is 340. The molecule has 0 saturated heterocycles. The number of hydrazine groups is 1. The summed E-state index contributed by atoms with van der Waals surface area (Å²) in [5.74, 6) is 4.97. The molecule has 1 heterocycles. The Balaban J connectivity index is 2.45. The molecule has 5 heteroatoms. The van der Waals surface area contributed by atoms with Gasteiger partial charge in [-0.25, -0.2) is 5.84 Å². The Morgan fingerprint density at radius 2 is 2.24 bits per heavy atom. The highest BCUT2D eigenvalue weighted by molar-refractivity contribution is 7.09. The lowest BCUT2D eigenvalue weighted by Crippen LogP contribution is -2.42. The van der Waals surface area contributed by atoms with Crippen LogP contribution in [-0.4, -0.2) is 29.9 Å². The second-order valence-electron chi connectivity index (χ2n) is 4.42. The van der Waals surface area contributed by atoms with Crippen LogP contribution >= 0.6 is 11.3 Å². The summed E-state index contributed by atoms with van der Waals surface area (Å²) in [7, 11) is 2.05. The van der Waals surface area contributed by atoms with E-state index in [1.54, 1.807) is 11.3 Å². The molecular formula is C12H21N3OS. The van der Waals surface area contributed by atoms with Crippen LogP contribution in [0.25, 0.3) is 0 Å². The smallest absolute Gasteiger partial charge is 0.235 e. The number of likely N-dealkylation sites (N-methyl/N-ethyl adjacent to an activating group) is 1. The van der Waals surface area contributed by atoms with Crippen molar-refractivity contribution in [3.8, 4) is 0 Å².